The van der Waals surface area contributed by atoms with Crippen LogP contribution in [0.3, 0.4) is 0 Å². The van der Waals surface area contributed by atoms with Crippen molar-refractivity contribution in [2.24, 2.45) is 4.99 Å². The predicted octanol–water partition coefficient (Wildman–Crippen LogP) is 3.97. The molecule has 0 saturated heterocycles. The molecule has 15 heavy (non-hydrogen) atoms. The van der Waals surface area contributed by atoms with Crippen molar-refractivity contribution in [1.29, 1.82) is 0 Å². The summed E-state index contributed by atoms with van der Waals surface area (Å²) in [6, 6.07) is 0.573. The molecular weight excluding hydrogens is 182 g/mol. The van der Waals surface area contributed by atoms with E-state index in [-0.39, 0.29) is 0 Å². The summed E-state index contributed by atoms with van der Waals surface area (Å²) in [5.41, 5.74) is 0. The molecule has 0 aromatic carbocycles. The molecule has 0 heterocycles. The molecule has 1 saturated carbocycles. The van der Waals surface area contributed by atoms with Gasteiger partial charge in [0, 0.05) is 6.42 Å². The minimum atomic E-state index is 0.573. The van der Waals surface area contributed by atoms with Crippen LogP contribution in [0, 0.1) is 11.8 Å². The summed E-state index contributed by atoms with van der Waals surface area (Å²) in [5, 5.41) is 0. The number of nitrogens with zero attached hydrogens (tertiary/aromatic N) is 1. The van der Waals surface area contributed by atoms with Gasteiger partial charge in [-0.25, -0.2) is 0 Å². The highest BCUT2D eigenvalue weighted by atomic mass is 14.8. The van der Waals surface area contributed by atoms with E-state index < -0.39 is 0 Å². The van der Waals surface area contributed by atoms with Crippen molar-refractivity contribution in [3.63, 3.8) is 0 Å². The van der Waals surface area contributed by atoms with Gasteiger partial charge in [0.05, 0.1) is 12.3 Å². The smallest absolute Gasteiger partial charge is 0.0714 e. The summed E-state index contributed by atoms with van der Waals surface area (Å²) in [6.07, 6.45) is 13.3. The van der Waals surface area contributed by atoms with Crippen LogP contribution in [0.25, 0.3) is 0 Å². The largest absolute Gasteiger partial charge is 0.281 e. The second-order valence-corrected chi connectivity index (χ2v) is 4.35. The minimum absolute atomic E-state index is 0.573. The lowest BCUT2D eigenvalue weighted by Gasteiger charge is -2.16. The van der Waals surface area contributed by atoms with Crippen molar-refractivity contribution in [3.05, 3.63) is 0 Å². The molecule has 1 fully saturated rings. The Labute approximate surface area is 94.4 Å². The fourth-order valence-corrected chi connectivity index (χ4v) is 1.95. The molecule has 1 nitrogen and oxygen atoms in total. The first-order valence-electron chi connectivity index (χ1n) is 6.43. The summed E-state index contributed by atoms with van der Waals surface area (Å²) in [7, 11) is 0. The Morgan fingerprint density at radius 3 is 2.73 bits per heavy atom. The molecular formula is C14H23N. The van der Waals surface area contributed by atoms with Crippen molar-refractivity contribution < 1.29 is 0 Å². The number of rotatable bonds is 4. The van der Waals surface area contributed by atoms with Gasteiger partial charge < -0.3 is 0 Å². The molecule has 1 aliphatic carbocycles. The molecule has 0 radical (unpaired) electrons. The van der Waals surface area contributed by atoms with Crippen LogP contribution in [0.5, 0.6) is 0 Å². The first-order chi connectivity index (χ1) is 7.43. The van der Waals surface area contributed by atoms with E-state index in [1.165, 1.54) is 51.4 Å². The molecule has 0 N–H and O–H groups in total. The van der Waals surface area contributed by atoms with Crippen LogP contribution in [-0.4, -0.2) is 12.3 Å². The zero-order chi connectivity index (χ0) is 10.8. The van der Waals surface area contributed by atoms with Gasteiger partial charge >= 0.3 is 0 Å². The number of unbranched alkanes of at least 4 members (excludes halogenated alkanes) is 3. The molecule has 0 aromatic rings. The lowest BCUT2D eigenvalue weighted by Crippen LogP contribution is -2.09. The summed E-state index contributed by atoms with van der Waals surface area (Å²) in [6.45, 7) is 2.22. The minimum Gasteiger partial charge on any atom is -0.281 e. The Kier molecular flexibility index (Phi) is 7.00. The van der Waals surface area contributed by atoms with Gasteiger partial charge in [0.1, 0.15) is 0 Å². The molecule has 0 atom stereocenters. The van der Waals surface area contributed by atoms with E-state index in [4.69, 9.17) is 0 Å². The van der Waals surface area contributed by atoms with Gasteiger partial charge in [-0.3, -0.25) is 4.99 Å². The summed E-state index contributed by atoms with van der Waals surface area (Å²) in [5.74, 6) is 6.21. The van der Waals surface area contributed by atoms with Crippen molar-refractivity contribution in [2.75, 3.05) is 0 Å². The number of aliphatic imine (C=N–C) groups is 1. The lowest BCUT2D eigenvalue weighted by atomic mass is 9.96. The molecule has 0 amide bonds. The van der Waals surface area contributed by atoms with Crippen LogP contribution in [0.1, 0.15) is 64.7 Å². The van der Waals surface area contributed by atoms with Gasteiger partial charge in [-0.15, -0.1) is 0 Å². The van der Waals surface area contributed by atoms with E-state index >= 15 is 0 Å². The zero-order valence-electron chi connectivity index (χ0n) is 9.97. The Hall–Kier alpha value is -0.770. The van der Waals surface area contributed by atoms with Gasteiger partial charge in [-0.05, 0) is 19.3 Å². The lowest BCUT2D eigenvalue weighted by molar-refractivity contribution is 0.444. The second-order valence-electron chi connectivity index (χ2n) is 4.35. The summed E-state index contributed by atoms with van der Waals surface area (Å²) >= 11 is 0. The van der Waals surface area contributed by atoms with Crippen LogP contribution < -0.4 is 0 Å². The van der Waals surface area contributed by atoms with E-state index in [1.54, 1.807) is 0 Å². The predicted molar refractivity (Wildman–Crippen MR) is 67.3 cm³/mol. The third kappa shape index (κ3) is 6.33. The molecule has 1 heteroatoms. The fourth-order valence-electron chi connectivity index (χ4n) is 1.95. The molecule has 0 unspecified atom stereocenters. The maximum atomic E-state index is 4.50. The highest BCUT2D eigenvalue weighted by molar-refractivity contribution is 5.78. The number of hydrogen-bond acceptors (Lipinski definition) is 1. The first kappa shape index (κ1) is 12.3. The highest BCUT2D eigenvalue weighted by Gasteiger charge is 2.09. The maximum Gasteiger partial charge on any atom is 0.0714 e. The topological polar surface area (TPSA) is 12.4 Å². The van der Waals surface area contributed by atoms with E-state index in [0.29, 0.717) is 6.04 Å². The van der Waals surface area contributed by atoms with Gasteiger partial charge in [-0.1, -0.05) is 50.9 Å². The van der Waals surface area contributed by atoms with Gasteiger partial charge in [0.15, 0.2) is 0 Å². The van der Waals surface area contributed by atoms with E-state index in [1.807, 2.05) is 6.21 Å². The molecule has 1 aliphatic rings. The first-order valence-corrected chi connectivity index (χ1v) is 6.43. The van der Waals surface area contributed by atoms with Crippen LogP contribution >= 0.6 is 0 Å². The molecule has 84 valence electrons. The van der Waals surface area contributed by atoms with E-state index in [9.17, 15) is 0 Å². The summed E-state index contributed by atoms with van der Waals surface area (Å²) in [4.78, 5) is 4.50. The zero-order valence-corrected chi connectivity index (χ0v) is 9.97. The second kappa shape index (κ2) is 8.53. The normalized spacial score (nSPS) is 17.7. The van der Waals surface area contributed by atoms with Crippen molar-refractivity contribution in [1.82, 2.24) is 0 Å². The van der Waals surface area contributed by atoms with Crippen molar-refractivity contribution in [3.8, 4) is 11.8 Å². The SMILES string of the molecule is CCCCCC#CC=NC1CCCCC1. The Bertz CT molecular complexity index is 225. The average molecular weight is 205 g/mol. The van der Waals surface area contributed by atoms with Crippen LogP contribution in [-0.2, 0) is 0 Å². The average Bonchev–Trinajstić information content (AvgIpc) is 2.29. The maximum absolute atomic E-state index is 4.50. The van der Waals surface area contributed by atoms with Crippen LogP contribution in [0.15, 0.2) is 4.99 Å². The third-order valence-corrected chi connectivity index (χ3v) is 2.93. The van der Waals surface area contributed by atoms with Gasteiger partial charge in [-0.2, -0.15) is 0 Å². The van der Waals surface area contributed by atoms with E-state index in [2.05, 4.69) is 23.8 Å². The van der Waals surface area contributed by atoms with E-state index in [0.717, 1.165) is 6.42 Å². The van der Waals surface area contributed by atoms with Crippen molar-refractivity contribution in [2.45, 2.75) is 70.8 Å². The fraction of sp³-hybridized carbons (Fsp3) is 0.786. The molecule has 0 aromatic heterocycles. The molecule has 0 aliphatic heterocycles. The molecule has 1 rings (SSSR count). The Morgan fingerprint density at radius 1 is 1.20 bits per heavy atom. The molecule has 0 spiro atoms. The van der Waals surface area contributed by atoms with Crippen LogP contribution in [0.4, 0.5) is 0 Å². The van der Waals surface area contributed by atoms with Gasteiger partial charge in [0.2, 0.25) is 0 Å². The van der Waals surface area contributed by atoms with Crippen LogP contribution in [0.2, 0.25) is 0 Å². The Morgan fingerprint density at radius 2 is 2.00 bits per heavy atom. The molecule has 0 bridgehead atoms. The monoisotopic (exact) mass is 205 g/mol. The highest BCUT2D eigenvalue weighted by Crippen LogP contribution is 2.19. The Balaban J connectivity index is 2.08. The standard InChI is InChI=1S/C14H23N/c1-2-3-4-5-6-10-13-15-14-11-8-7-9-12-14/h13-14H,2-5,7-9,11-12H2,1H3. The third-order valence-electron chi connectivity index (χ3n) is 2.93. The quantitative estimate of drug-likeness (QED) is 0.374. The summed E-state index contributed by atoms with van der Waals surface area (Å²) < 4.78 is 0. The van der Waals surface area contributed by atoms with Crippen molar-refractivity contribution >= 4 is 6.21 Å². The van der Waals surface area contributed by atoms with Gasteiger partial charge in [0.25, 0.3) is 0 Å². The number of hydrogen-bond donors (Lipinski definition) is 0.